The summed E-state index contributed by atoms with van der Waals surface area (Å²) in [6.45, 7) is 0. The van der Waals surface area contributed by atoms with Crippen LogP contribution in [-0.2, 0) is 4.79 Å². The topological polar surface area (TPSA) is 41.5 Å². The van der Waals surface area contributed by atoms with Crippen molar-refractivity contribution < 1.29 is 4.79 Å². The van der Waals surface area contributed by atoms with Crippen molar-refractivity contribution in [3.63, 3.8) is 0 Å². The van der Waals surface area contributed by atoms with Gasteiger partial charge in [-0.05, 0) is 12.8 Å². The molecule has 1 saturated carbocycles. The fourth-order valence-electron chi connectivity index (χ4n) is 1.95. The van der Waals surface area contributed by atoms with Gasteiger partial charge in [0.25, 0.3) is 5.91 Å². The Kier molecular flexibility index (Phi) is 2.45. The largest absolute Gasteiger partial charge is 0.309 e. The van der Waals surface area contributed by atoms with E-state index in [1.807, 2.05) is 0 Å². The van der Waals surface area contributed by atoms with Crippen LogP contribution >= 0.6 is 34.8 Å². The third-order valence-corrected chi connectivity index (χ3v) is 3.22. The molecule has 1 heterocycles. The fourth-order valence-corrected chi connectivity index (χ4v) is 2.22. The van der Waals surface area contributed by atoms with Gasteiger partial charge in [0, 0.05) is 0 Å². The molecule has 1 fully saturated rings. The summed E-state index contributed by atoms with van der Waals surface area (Å²) in [6.07, 6.45) is 3.51. The van der Waals surface area contributed by atoms with E-state index in [0.717, 1.165) is 25.7 Å². The molecule has 0 radical (unpaired) electrons. The maximum absolute atomic E-state index is 11.7. The Bertz CT molecular complexity index is 302. The van der Waals surface area contributed by atoms with E-state index in [2.05, 4.69) is 10.3 Å². The number of hydrogen-bond donors (Lipinski definition) is 1. The van der Waals surface area contributed by atoms with Crippen molar-refractivity contribution in [3.8, 4) is 0 Å². The molecule has 2 aliphatic rings. The SMILES string of the molecule is O=C1NC(C(Cl)(Cl)Cl)=NC12CCCC2. The van der Waals surface area contributed by atoms with Gasteiger partial charge in [-0.25, -0.2) is 0 Å². The number of hydrogen-bond acceptors (Lipinski definition) is 2. The number of carbonyl (C=O) groups is 1. The van der Waals surface area contributed by atoms with Gasteiger partial charge >= 0.3 is 0 Å². The molecule has 2 rings (SSSR count). The summed E-state index contributed by atoms with van der Waals surface area (Å²) >= 11 is 17.0. The standard InChI is InChI=1S/C8H9Cl3N2O/c9-8(10,11)5-12-6(14)7(13-5)3-1-2-4-7/h1-4H2,(H,12,13,14). The molecular formula is C8H9Cl3N2O. The lowest BCUT2D eigenvalue weighted by molar-refractivity contribution is -0.123. The van der Waals surface area contributed by atoms with Gasteiger partial charge < -0.3 is 5.32 Å². The van der Waals surface area contributed by atoms with Gasteiger partial charge in [-0.3, -0.25) is 9.79 Å². The van der Waals surface area contributed by atoms with Crippen LogP contribution in [0.25, 0.3) is 0 Å². The molecule has 14 heavy (non-hydrogen) atoms. The van der Waals surface area contributed by atoms with Crippen LogP contribution in [0.15, 0.2) is 4.99 Å². The number of aliphatic imine (C=N–C) groups is 1. The first-order valence-corrected chi connectivity index (χ1v) is 5.56. The monoisotopic (exact) mass is 254 g/mol. The molecule has 3 nitrogen and oxygen atoms in total. The summed E-state index contributed by atoms with van der Waals surface area (Å²) in [7, 11) is 0. The van der Waals surface area contributed by atoms with E-state index in [-0.39, 0.29) is 11.7 Å². The van der Waals surface area contributed by atoms with Crippen LogP contribution in [0.5, 0.6) is 0 Å². The highest BCUT2D eigenvalue weighted by Gasteiger charge is 2.49. The molecule has 6 heteroatoms. The molecule has 1 spiro atoms. The average Bonchev–Trinajstić information content (AvgIpc) is 2.62. The van der Waals surface area contributed by atoms with Crippen molar-refractivity contribution in [3.05, 3.63) is 0 Å². The van der Waals surface area contributed by atoms with Crippen molar-refractivity contribution in [2.45, 2.75) is 35.0 Å². The van der Waals surface area contributed by atoms with Crippen molar-refractivity contribution in [1.82, 2.24) is 5.32 Å². The highest BCUT2D eigenvalue weighted by molar-refractivity contribution is 6.77. The Balaban J connectivity index is 2.29. The molecule has 0 aromatic rings. The van der Waals surface area contributed by atoms with E-state index in [0.29, 0.717) is 0 Å². The second kappa shape index (κ2) is 3.26. The molecule has 78 valence electrons. The van der Waals surface area contributed by atoms with Gasteiger partial charge in [-0.15, -0.1) is 0 Å². The second-order valence-corrected chi connectivity index (χ2v) is 5.93. The maximum atomic E-state index is 11.7. The van der Waals surface area contributed by atoms with Gasteiger partial charge in [0.2, 0.25) is 3.79 Å². The fraction of sp³-hybridized carbons (Fsp3) is 0.750. The Labute approximate surface area is 96.8 Å². The zero-order valence-electron chi connectivity index (χ0n) is 7.32. The van der Waals surface area contributed by atoms with Crippen LogP contribution in [0, 0.1) is 0 Å². The highest BCUT2D eigenvalue weighted by atomic mass is 35.6. The third kappa shape index (κ3) is 1.62. The quantitative estimate of drug-likeness (QED) is 0.663. The van der Waals surface area contributed by atoms with E-state index in [1.54, 1.807) is 0 Å². The van der Waals surface area contributed by atoms with Gasteiger partial charge in [-0.1, -0.05) is 47.6 Å². The van der Waals surface area contributed by atoms with Gasteiger partial charge in [-0.2, -0.15) is 0 Å². The smallest absolute Gasteiger partial charge is 0.253 e. The number of amidine groups is 1. The van der Waals surface area contributed by atoms with E-state index in [1.165, 1.54) is 0 Å². The number of nitrogens with one attached hydrogen (secondary N) is 1. The average molecular weight is 256 g/mol. The van der Waals surface area contributed by atoms with Crippen LogP contribution in [0.4, 0.5) is 0 Å². The van der Waals surface area contributed by atoms with Crippen molar-refractivity contribution in [2.75, 3.05) is 0 Å². The Hall–Kier alpha value is 0.01000. The van der Waals surface area contributed by atoms with E-state index < -0.39 is 9.33 Å². The molecular weight excluding hydrogens is 246 g/mol. The Morgan fingerprint density at radius 2 is 1.86 bits per heavy atom. The summed E-state index contributed by atoms with van der Waals surface area (Å²) < 4.78 is -1.62. The lowest BCUT2D eigenvalue weighted by Gasteiger charge is -2.14. The third-order valence-electron chi connectivity index (χ3n) is 2.68. The summed E-state index contributed by atoms with van der Waals surface area (Å²) in [5.41, 5.74) is -0.640. The first kappa shape index (κ1) is 10.5. The van der Waals surface area contributed by atoms with Gasteiger partial charge in [0.05, 0.1) is 0 Å². The lowest BCUT2D eigenvalue weighted by atomic mass is 9.99. The summed E-state index contributed by atoms with van der Waals surface area (Å²) in [5.74, 6) is 0.0331. The van der Waals surface area contributed by atoms with Crippen LogP contribution in [0.1, 0.15) is 25.7 Å². The van der Waals surface area contributed by atoms with Crippen LogP contribution in [-0.4, -0.2) is 21.1 Å². The Morgan fingerprint density at radius 1 is 1.29 bits per heavy atom. The lowest BCUT2D eigenvalue weighted by Crippen LogP contribution is -2.39. The zero-order valence-corrected chi connectivity index (χ0v) is 9.59. The minimum Gasteiger partial charge on any atom is -0.309 e. The van der Waals surface area contributed by atoms with Crippen molar-refractivity contribution in [1.29, 1.82) is 0 Å². The van der Waals surface area contributed by atoms with Crippen molar-refractivity contribution in [2.24, 2.45) is 4.99 Å². The number of nitrogens with zero attached hydrogens (tertiary/aromatic N) is 1. The summed E-state index contributed by atoms with van der Waals surface area (Å²) in [6, 6.07) is 0. The summed E-state index contributed by atoms with van der Waals surface area (Å²) in [4.78, 5) is 15.9. The molecule has 1 amide bonds. The Morgan fingerprint density at radius 3 is 2.29 bits per heavy atom. The maximum Gasteiger partial charge on any atom is 0.253 e. The molecule has 0 unspecified atom stereocenters. The molecule has 0 bridgehead atoms. The number of carbonyl (C=O) groups excluding carboxylic acids is 1. The van der Waals surface area contributed by atoms with Crippen LogP contribution in [0.3, 0.4) is 0 Å². The number of rotatable bonds is 0. The molecule has 0 aromatic carbocycles. The van der Waals surface area contributed by atoms with Gasteiger partial charge in [0.15, 0.2) is 5.84 Å². The predicted octanol–water partition coefficient (Wildman–Crippen LogP) is 2.20. The number of halogens is 3. The van der Waals surface area contributed by atoms with E-state index in [9.17, 15) is 4.79 Å². The minimum absolute atomic E-state index is 0.128. The minimum atomic E-state index is -1.62. The first-order chi connectivity index (χ1) is 6.44. The first-order valence-electron chi connectivity index (χ1n) is 4.43. The van der Waals surface area contributed by atoms with E-state index in [4.69, 9.17) is 34.8 Å². The molecule has 0 atom stereocenters. The predicted molar refractivity (Wildman–Crippen MR) is 57.1 cm³/mol. The van der Waals surface area contributed by atoms with Crippen molar-refractivity contribution >= 4 is 46.5 Å². The molecule has 0 saturated heterocycles. The summed E-state index contributed by atoms with van der Waals surface area (Å²) in [5, 5.41) is 2.54. The molecule has 1 aliphatic heterocycles. The highest BCUT2D eigenvalue weighted by Crippen LogP contribution is 2.39. The van der Waals surface area contributed by atoms with Crippen LogP contribution < -0.4 is 5.32 Å². The number of amides is 1. The van der Waals surface area contributed by atoms with Crippen LogP contribution in [0.2, 0.25) is 0 Å². The molecule has 0 aromatic heterocycles. The normalized spacial score (nSPS) is 25.4. The van der Waals surface area contributed by atoms with Gasteiger partial charge in [0.1, 0.15) is 5.54 Å². The molecule has 1 N–H and O–H groups in total. The second-order valence-electron chi connectivity index (χ2n) is 3.65. The number of alkyl halides is 3. The van der Waals surface area contributed by atoms with E-state index >= 15 is 0 Å². The zero-order chi connectivity index (χ0) is 10.4. The molecule has 1 aliphatic carbocycles.